The summed E-state index contributed by atoms with van der Waals surface area (Å²) in [5, 5.41) is 0. The SMILES string of the molecule is CC1CCC(C(C)(C(F)(F)F)C(F)(F)F)CC1. The van der Waals surface area contributed by atoms with E-state index in [9.17, 15) is 26.3 Å². The van der Waals surface area contributed by atoms with Crippen LogP contribution >= 0.6 is 0 Å². The molecule has 0 radical (unpaired) electrons. The average molecular weight is 262 g/mol. The Kier molecular flexibility index (Phi) is 3.75. The molecule has 1 aliphatic carbocycles. The average Bonchev–Trinajstić information content (AvgIpc) is 2.14. The van der Waals surface area contributed by atoms with Gasteiger partial charge in [0.25, 0.3) is 0 Å². The summed E-state index contributed by atoms with van der Waals surface area (Å²) in [6.45, 7) is 2.16. The first-order valence-electron chi connectivity index (χ1n) is 5.63. The van der Waals surface area contributed by atoms with Gasteiger partial charge in [0.05, 0.1) is 0 Å². The van der Waals surface area contributed by atoms with Crippen molar-refractivity contribution in [3.05, 3.63) is 0 Å². The third kappa shape index (κ3) is 2.55. The molecular weight excluding hydrogens is 246 g/mol. The molecular formula is C11H16F6. The van der Waals surface area contributed by atoms with Crippen LogP contribution in [-0.4, -0.2) is 12.4 Å². The van der Waals surface area contributed by atoms with Gasteiger partial charge < -0.3 is 0 Å². The molecule has 0 bridgehead atoms. The van der Waals surface area contributed by atoms with Crippen LogP contribution in [0, 0.1) is 17.3 Å². The van der Waals surface area contributed by atoms with Crippen LogP contribution in [0.25, 0.3) is 0 Å². The Hall–Kier alpha value is -0.420. The molecule has 1 rings (SSSR count). The summed E-state index contributed by atoms with van der Waals surface area (Å²) in [6.07, 6.45) is -9.61. The topological polar surface area (TPSA) is 0 Å². The van der Waals surface area contributed by atoms with Crippen molar-refractivity contribution in [2.24, 2.45) is 17.3 Å². The van der Waals surface area contributed by atoms with Crippen LogP contribution in [0.15, 0.2) is 0 Å². The molecule has 6 heteroatoms. The number of halogens is 6. The first-order chi connectivity index (χ1) is 7.50. The molecule has 1 fully saturated rings. The molecule has 102 valence electrons. The Balaban J connectivity index is 3.00. The van der Waals surface area contributed by atoms with Gasteiger partial charge >= 0.3 is 12.4 Å². The Morgan fingerprint density at radius 1 is 0.765 bits per heavy atom. The van der Waals surface area contributed by atoms with E-state index in [1.54, 1.807) is 0 Å². The molecule has 0 aromatic heterocycles. The summed E-state index contributed by atoms with van der Waals surface area (Å²) >= 11 is 0. The number of hydrogen-bond donors (Lipinski definition) is 0. The third-order valence-corrected chi connectivity index (χ3v) is 4.01. The van der Waals surface area contributed by atoms with Gasteiger partial charge in [0.1, 0.15) is 0 Å². The first-order valence-corrected chi connectivity index (χ1v) is 5.63. The first kappa shape index (κ1) is 14.6. The zero-order valence-corrected chi connectivity index (χ0v) is 9.75. The van der Waals surface area contributed by atoms with Crippen molar-refractivity contribution in [2.75, 3.05) is 0 Å². The van der Waals surface area contributed by atoms with Crippen LogP contribution in [0.5, 0.6) is 0 Å². The minimum atomic E-state index is -5.24. The van der Waals surface area contributed by atoms with E-state index >= 15 is 0 Å². The smallest absolute Gasteiger partial charge is 0.170 e. The minimum absolute atomic E-state index is 0.00329. The molecule has 1 saturated carbocycles. The maximum absolute atomic E-state index is 12.8. The van der Waals surface area contributed by atoms with Gasteiger partial charge in [-0.25, -0.2) is 0 Å². The molecule has 0 atom stereocenters. The Bertz CT molecular complexity index is 242. The van der Waals surface area contributed by atoms with Crippen LogP contribution in [0.4, 0.5) is 26.3 Å². The molecule has 0 nitrogen and oxygen atoms in total. The molecule has 1 aliphatic rings. The molecule has 0 aliphatic heterocycles. The fourth-order valence-electron chi connectivity index (χ4n) is 2.46. The van der Waals surface area contributed by atoms with E-state index < -0.39 is 23.7 Å². The van der Waals surface area contributed by atoms with Crippen molar-refractivity contribution >= 4 is 0 Å². The van der Waals surface area contributed by atoms with Gasteiger partial charge in [-0.2, -0.15) is 26.3 Å². The molecule has 0 N–H and O–H groups in total. The van der Waals surface area contributed by atoms with E-state index in [1.165, 1.54) is 0 Å². The summed E-state index contributed by atoms with van der Waals surface area (Å²) in [7, 11) is 0. The lowest BCUT2D eigenvalue weighted by molar-refractivity contribution is -0.354. The largest absolute Gasteiger partial charge is 0.403 e. The van der Waals surface area contributed by atoms with E-state index in [0.29, 0.717) is 19.8 Å². The van der Waals surface area contributed by atoms with Gasteiger partial charge in [-0.15, -0.1) is 0 Å². The summed E-state index contributed by atoms with van der Waals surface area (Å²) in [4.78, 5) is 0. The van der Waals surface area contributed by atoms with Crippen molar-refractivity contribution in [1.29, 1.82) is 0 Å². The number of hydrogen-bond acceptors (Lipinski definition) is 0. The number of rotatable bonds is 1. The van der Waals surface area contributed by atoms with E-state index in [-0.39, 0.29) is 18.8 Å². The lowest BCUT2D eigenvalue weighted by Crippen LogP contribution is -2.53. The molecule has 17 heavy (non-hydrogen) atoms. The zero-order valence-electron chi connectivity index (χ0n) is 9.75. The van der Waals surface area contributed by atoms with Crippen LogP contribution in [0.2, 0.25) is 0 Å². The van der Waals surface area contributed by atoms with Crippen molar-refractivity contribution in [3.8, 4) is 0 Å². The van der Waals surface area contributed by atoms with E-state index in [1.807, 2.05) is 6.92 Å². The fourth-order valence-corrected chi connectivity index (χ4v) is 2.46. The van der Waals surface area contributed by atoms with Gasteiger partial charge in [0.2, 0.25) is 0 Å². The number of alkyl halides is 6. The van der Waals surface area contributed by atoms with Crippen LogP contribution in [0.1, 0.15) is 39.5 Å². The minimum Gasteiger partial charge on any atom is -0.170 e. The summed E-state index contributed by atoms with van der Waals surface area (Å²) in [6, 6.07) is 0. The lowest BCUT2D eigenvalue weighted by Gasteiger charge is -2.43. The predicted octanol–water partition coefficient (Wildman–Crippen LogP) is 4.94. The van der Waals surface area contributed by atoms with Crippen molar-refractivity contribution in [3.63, 3.8) is 0 Å². The zero-order chi connectivity index (χ0) is 13.5. The Morgan fingerprint density at radius 2 is 1.12 bits per heavy atom. The van der Waals surface area contributed by atoms with Crippen molar-refractivity contribution < 1.29 is 26.3 Å². The highest BCUT2D eigenvalue weighted by atomic mass is 19.4. The lowest BCUT2D eigenvalue weighted by atomic mass is 9.67. The quantitative estimate of drug-likeness (QED) is 0.587. The standard InChI is InChI=1S/C11H16F6/c1-7-3-5-8(6-4-7)9(2,10(12,13)14)11(15,16)17/h7-8H,3-6H2,1-2H3. The van der Waals surface area contributed by atoms with Crippen LogP contribution in [-0.2, 0) is 0 Å². The predicted molar refractivity (Wildman–Crippen MR) is 51.3 cm³/mol. The van der Waals surface area contributed by atoms with Gasteiger partial charge in [0, 0.05) is 0 Å². The van der Waals surface area contributed by atoms with Crippen LogP contribution in [0.3, 0.4) is 0 Å². The maximum atomic E-state index is 12.8. The van der Waals surface area contributed by atoms with Crippen molar-refractivity contribution in [2.45, 2.75) is 51.9 Å². The monoisotopic (exact) mass is 262 g/mol. The second-order valence-electron chi connectivity index (χ2n) is 5.15. The second kappa shape index (κ2) is 4.35. The molecule has 0 saturated heterocycles. The Labute approximate surface area is 96.4 Å². The van der Waals surface area contributed by atoms with Crippen LogP contribution < -0.4 is 0 Å². The summed E-state index contributed by atoms with van der Waals surface area (Å²) in [5.41, 5.74) is -3.57. The molecule has 0 aromatic rings. The van der Waals surface area contributed by atoms with E-state index in [2.05, 4.69) is 0 Å². The highest BCUT2D eigenvalue weighted by Crippen LogP contribution is 2.58. The van der Waals surface area contributed by atoms with E-state index in [0.717, 1.165) is 0 Å². The molecule has 0 amide bonds. The second-order valence-corrected chi connectivity index (χ2v) is 5.15. The van der Waals surface area contributed by atoms with Gasteiger partial charge in [-0.05, 0) is 31.6 Å². The third-order valence-electron chi connectivity index (χ3n) is 4.01. The van der Waals surface area contributed by atoms with Gasteiger partial charge in [-0.1, -0.05) is 19.8 Å². The highest BCUT2D eigenvalue weighted by Gasteiger charge is 2.70. The Morgan fingerprint density at radius 3 is 1.41 bits per heavy atom. The molecule has 0 spiro atoms. The molecule has 0 heterocycles. The van der Waals surface area contributed by atoms with Crippen molar-refractivity contribution in [1.82, 2.24) is 0 Å². The summed E-state index contributed by atoms with van der Waals surface area (Å²) in [5.74, 6) is -1.13. The van der Waals surface area contributed by atoms with Gasteiger partial charge in [-0.3, -0.25) is 0 Å². The maximum Gasteiger partial charge on any atom is 0.403 e. The van der Waals surface area contributed by atoms with E-state index in [4.69, 9.17) is 0 Å². The highest BCUT2D eigenvalue weighted by molar-refractivity contribution is 4.96. The summed E-state index contributed by atoms with van der Waals surface area (Å²) < 4.78 is 76.6. The van der Waals surface area contributed by atoms with Gasteiger partial charge in [0.15, 0.2) is 5.41 Å². The fraction of sp³-hybridized carbons (Fsp3) is 1.00. The normalized spacial score (nSPS) is 28.2. The molecule has 0 unspecified atom stereocenters. The molecule has 0 aromatic carbocycles.